The quantitative estimate of drug-likeness (QED) is 0.728. The Kier molecular flexibility index (Phi) is 2.22. The summed E-state index contributed by atoms with van der Waals surface area (Å²) < 4.78 is 5.17. The van der Waals surface area contributed by atoms with Gasteiger partial charge in [0.05, 0.1) is 0 Å². The predicted octanol–water partition coefficient (Wildman–Crippen LogP) is 2.44. The van der Waals surface area contributed by atoms with Crippen LogP contribution >= 0.6 is 0 Å². The third-order valence-electron chi connectivity index (χ3n) is 2.43. The normalized spacial score (nSPS) is 10.6. The Morgan fingerprint density at radius 1 is 1.24 bits per heavy atom. The molecule has 0 spiro atoms. The van der Waals surface area contributed by atoms with Crippen LogP contribution in [0.15, 0.2) is 41.1 Å². The van der Waals surface area contributed by atoms with E-state index in [0.29, 0.717) is 11.7 Å². The Morgan fingerprint density at radius 2 is 2.18 bits per heavy atom. The molecular weight excluding hydrogens is 216 g/mol. The van der Waals surface area contributed by atoms with Crippen molar-refractivity contribution in [3.63, 3.8) is 0 Å². The average Bonchev–Trinajstić information content (AvgIpc) is 3.00. The van der Waals surface area contributed by atoms with Gasteiger partial charge in [0, 0.05) is 11.8 Å². The molecule has 0 saturated heterocycles. The van der Waals surface area contributed by atoms with Crippen molar-refractivity contribution < 1.29 is 4.52 Å². The minimum atomic E-state index is 0.444. The maximum absolute atomic E-state index is 5.17. The monoisotopic (exact) mass is 226 g/mol. The standard InChI is InChI=1S/C12H10N4O/c1-8-3-2-4-9(7-8)11-14-12(17-16-11)10-5-6-13-15-10/h2-7H,1H3,(H,13,15). The van der Waals surface area contributed by atoms with Crippen LogP contribution in [0.3, 0.4) is 0 Å². The molecule has 0 aliphatic carbocycles. The molecule has 2 heterocycles. The van der Waals surface area contributed by atoms with Crippen LogP contribution < -0.4 is 0 Å². The van der Waals surface area contributed by atoms with Gasteiger partial charge in [-0.2, -0.15) is 10.1 Å². The zero-order chi connectivity index (χ0) is 11.7. The number of nitrogens with zero attached hydrogens (tertiary/aromatic N) is 3. The summed E-state index contributed by atoms with van der Waals surface area (Å²) in [6.45, 7) is 2.03. The molecule has 84 valence electrons. The fourth-order valence-corrected chi connectivity index (χ4v) is 1.61. The number of aryl methyl sites for hydroxylation is 1. The highest BCUT2D eigenvalue weighted by Crippen LogP contribution is 2.20. The Hall–Kier alpha value is -2.43. The third kappa shape index (κ3) is 1.82. The molecule has 3 rings (SSSR count). The van der Waals surface area contributed by atoms with Crippen molar-refractivity contribution in [1.82, 2.24) is 20.3 Å². The third-order valence-corrected chi connectivity index (χ3v) is 2.43. The molecule has 5 heteroatoms. The lowest BCUT2D eigenvalue weighted by Gasteiger charge is -1.94. The van der Waals surface area contributed by atoms with Gasteiger partial charge in [-0.25, -0.2) is 0 Å². The predicted molar refractivity (Wildman–Crippen MR) is 62.1 cm³/mol. The number of rotatable bonds is 2. The molecule has 0 atom stereocenters. The van der Waals surface area contributed by atoms with E-state index < -0.39 is 0 Å². The smallest absolute Gasteiger partial charge is 0.276 e. The summed E-state index contributed by atoms with van der Waals surface area (Å²) >= 11 is 0. The Balaban J connectivity index is 2.01. The van der Waals surface area contributed by atoms with Crippen molar-refractivity contribution in [2.45, 2.75) is 6.92 Å². The number of nitrogens with one attached hydrogen (secondary N) is 1. The van der Waals surface area contributed by atoms with E-state index in [1.807, 2.05) is 31.2 Å². The average molecular weight is 226 g/mol. The maximum atomic E-state index is 5.17. The minimum Gasteiger partial charge on any atom is -0.332 e. The van der Waals surface area contributed by atoms with Crippen molar-refractivity contribution in [2.24, 2.45) is 0 Å². The van der Waals surface area contributed by atoms with E-state index >= 15 is 0 Å². The van der Waals surface area contributed by atoms with E-state index in [-0.39, 0.29) is 0 Å². The molecule has 1 N–H and O–H groups in total. The molecule has 3 aromatic rings. The van der Waals surface area contributed by atoms with Crippen molar-refractivity contribution in [3.8, 4) is 23.0 Å². The highest BCUT2D eigenvalue weighted by molar-refractivity contribution is 5.58. The summed E-state index contributed by atoms with van der Waals surface area (Å²) in [5, 5.41) is 10.6. The first-order chi connectivity index (χ1) is 8.33. The van der Waals surface area contributed by atoms with Crippen molar-refractivity contribution in [3.05, 3.63) is 42.1 Å². The number of benzene rings is 1. The number of aromatic nitrogens is 4. The summed E-state index contributed by atoms with van der Waals surface area (Å²) in [5.41, 5.74) is 2.83. The van der Waals surface area contributed by atoms with Crippen LogP contribution in [0.25, 0.3) is 23.0 Å². The van der Waals surface area contributed by atoms with Crippen molar-refractivity contribution in [2.75, 3.05) is 0 Å². The van der Waals surface area contributed by atoms with Crippen LogP contribution in [-0.4, -0.2) is 20.3 Å². The fraction of sp³-hybridized carbons (Fsp3) is 0.0833. The minimum absolute atomic E-state index is 0.444. The lowest BCUT2D eigenvalue weighted by atomic mass is 10.1. The molecule has 0 amide bonds. The Morgan fingerprint density at radius 3 is 2.94 bits per heavy atom. The second-order valence-electron chi connectivity index (χ2n) is 3.76. The molecule has 0 aliphatic heterocycles. The van der Waals surface area contributed by atoms with Crippen LogP contribution in [0.2, 0.25) is 0 Å². The van der Waals surface area contributed by atoms with E-state index in [9.17, 15) is 0 Å². The van der Waals surface area contributed by atoms with Gasteiger partial charge in [0.1, 0.15) is 5.69 Å². The van der Waals surface area contributed by atoms with Crippen LogP contribution in [0.4, 0.5) is 0 Å². The molecule has 17 heavy (non-hydrogen) atoms. The SMILES string of the molecule is Cc1cccc(-c2noc(-c3ccn[nH]3)n2)c1. The molecular formula is C12H10N4O. The van der Waals surface area contributed by atoms with Crippen LogP contribution in [0.5, 0.6) is 0 Å². The molecule has 1 aromatic carbocycles. The molecule has 0 fully saturated rings. The van der Waals surface area contributed by atoms with Crippen LogP contribution in [0, 0.1) is 6.92 Å². The van der Waals surface area contributed by atoms with Crippen molar-refractivity contribution in [1.29, 1.82) is 0 Å². The number of hydrogen-bond acceptors (Lipinski definition) is 4. The molecule has 5 nitrogen and oxygen atoms in total. The second kappa shape index (κ2) is 3.86. The van der Waals surface area contributed by atoms with E-state index in [1.54, 1.807) is 12.3 Å². The highest BCUT2D eigenvalue weighted by Gasteiger charge is 2.11. The lowest BCUT2D eigenvalue weighted by Crippen LogP contribution is -1.82. The molecule has 0 bridgehead atoms. The van der Waals surface area contributed by atoms with Gasteiger partial charge in [0.25, 0.3) is 5.89 Å². The first-order valence-electron chi connectivity index (χ1n) is 5.23. The highest BCUT2D eigenvalue weighted by atomic mass is 16.5. The zero-order valence-electron chi connectivity index (χ0n) is 9.21. The number of hydrogen-bond donors (Lipinski definition) is 1. The molecule has 0 aliphatic rings. The van der Waals surface area contributed by atoms with E-state index in [0.717, 1.165) is 16.8 Å². The van der Waals surface area contributed by atoms with Gasteiger partial charge < -0.3 is 4.52 Å². The lowest BCUT2D eigenvalue weighted by molar-refractivity contribution is 0.431. The fourth-order valence-electron chi connectivity index (χ4n) is 1.61. The summed E-state index contributed by atoms with van der Waals surface area (Å²) in [4.78, 5) is 4.32. The van der Waals surface area contributed by atoms with E-state index in [1.165, 1.54) is 0 Å². The number of H-pyrrole nitrogens is 1. The van der Waals surface area contributed by atoms with Crippen LogP contribution in [0.1, 0.15) is 5.56 Å². The van der Waals surface area contributed by atoms with E-state index in [4.69, 9.17) is 4.52 Å². The van der Waals surface area contributed by atoms with Gasteiger partial charge in [-0.15, -0.1) is 0 Å². The second-order valence-corrected chi connectivity index (χ2v) is 3.76. The molecule has 0 unspecified atom stereocenters. The van der Waals surface area contributed by atoms with Gasteiger partial charge >= 0.3 is 0 Å². The summed E-state index contributed by atoms with van der Waals surface area (Å²) in [6, 6.07) is 9.75. The topological polar surface area (TPSA) is 67.6 Å². The molecule has 2 aromatic heterocycles. The Bertz CT molecular complexity index is 628. The Labute approximate surface area is 97.5 Å². The van der Waals surface area contributed by atoms with Gasteiger partial charge in [0.15, 0.2) is 0 Å². The molecule has 0 saturated carbocycles. The van der Waals surface area contributed by atoms with Gasteiger partial charge in [-0.05, 0) is 19.1 Å². The zero-order valence-corrected chi connectivity index (χ0v) is 9.21. The van der Waals surface area contributed by atoms with Gasteiger partial charge in [-0.3, -0.25) is 5.10 Å². The maximum Gasteiger partial charge on any atom is 0.276 e. The summed E-state index contributed by atoms with van der Waals surface area (Å²) in [7, 11) is 0. The first kappa shape index (κ1) is 9.77. The van der Waals surface area contributed by atoms with Gasteiger partial charge in [0.2, 0.25) is 5.82 Å². The molecule has 0 radical (unpaired) electrons. The summed E-state index contributed by atoms with van der Waals surface area (Å²) in [5.74, 6) is 1.03. The number of aromatic amines is 1. The van der Waals surface area contributed by atoms with Crippen LogP contribution in [-0.2, 0) is 0 Å². The van der Waals surface area contributed by atoms with E-state index in [2.05, 4.69) is 20.3 Å². The van der Waals surface area contributed by atoms with Gasteiger partial charge in [-0.1, -0.05) is 28.9 Å². The van der Waals surface area contributed by atoms with Crippen molar-refractivity contribution >= 4 is 0 Å². The largest absolute Gasteiger partial charge is 0.332 e. The summed E-state index contributed by atoms with van der Waals surface area (Å²) in [6.07, 6.45) is 1.64. The first-order valence-corrected chi connectivity index (χ1v) is 5.23.